The Morgan fingerprint density at radius 2 is 1.87 bits per heavy atom. The van der Waals surface area contributed by atoms with Crippen molar-refractivity contribution in [1.29, 1.82) is 0 Å². The molecule has 5 aromatic heterocycles. The summed E-state index contributed by atoms with van der Waals surface area (Å²) in [7, 11) is 0. The van der Waals surface area contributed by atoms with Crippen molar-refractivity contribution in [1.82, 2.24) is 44.6 Å². The molecule has 0 fully saturated rings. The molecule has 0 unspecified atom stereocenters. The van der Waals surface area contributed by atoms with Gasteiger partial charge < -0.3 is 11.1 Å². The van der Waals surface area contributed by atoms with Gasteiger partial charge in [-0.05, 0) is 43.2 Å². The minimum atomic E-state index is -0.720. The molecule has 5 heterocycles. The van der Waals surface area contributed by atoms with E-state index in [1.807, 2.05) is 18.2 Å². The third kappa shape index (κ3) is 4.23. The Morgan fingerprint density at radius 3 is 2.67 bits per heavy atom. The largest absolute Gasteiger partial charge is 0.381 e. The summed E-state index contributed by atoms with van der Waals surface area (Å²) in [5.41, 5.74) is 7.90. The topological polar surface area (TPSA) is 162 Å². The van der Waals surface area contributed by atoms with Gasteiger partial charge in [0.05, 0.1) is 11.7 Å². The first-order valence-electron chi connectivity index (χ1n) is 11.9. The number of benzene rings is 1. The highest BCUT2D eigenvalue weighted by atomic mass is 16.2. The highest BCUT2D eigenvalue weighted by molar-refractivity contribution is 6.04. The predicted octanol–water partition coefficient (Wildman–Crippen LogP) is 2.02. The number of carbonyl (C=O) groups excluding carboxylic acids is 1. The average Bonchev–Trinajstić information content (AvgIpc) is 3.52. The van der Waals surface area contributed by atoms with Gasteiger partial charge in [-0.25, -0.2) is 14.5 Å². The molecule has 0 spiro atoms. The third-order valence-corrected chi connectivity index (χ3v) is 6.02. The average molecular weight is 517 g/mol. The van der Waals surface area contributed by atoms with Gasteiger partial charge in [-0.15, -0.1) is 5.10 Å². The zero-order valence-electron chi connectivity index (χ0n) is 20.5. The minimum Gasteiger partial charge on any atom is -0.381 e. The second-order valence-electron chi connectivity index (χ2n) is 8.57. The zero-order chi connectivity index (χ0) is 26.9. The lowest BCUT2D eigenvalue weighted by Gasteiger charge is -2.18. The van der Waals surface area contributed by atoms with Gasteiger partial charge >= 0.3 is 0 Å². The number of hydrogen-bond acceptors (Lipinski definition) is 8. The molecule has 0 saturated carbocycles. The maximum Gasteiger partial charge on any atom is 0.270 e. The maximum atomic E-state index is 13.9. The SMILES string of the molecule is C[C@H](NC(=O)c1c(N)nn2cccnc12)c1nc2[nH]nc(C#Cc3ccncc3)c2c(=O)n1-c1ccccc1. The lowest BCUT2D eigenvalue weighted by Crippen LogP contribution is -2.33. The van der Waals surface area contributed by atoms with Crippen molar-refractivity contribution in [3.63, 3.8) is 0 Å². The summed E-state index contributed by atoms with van der Waals surface area (Å²) in [6.45, 7) is 1.72. The van der Waals surface area contributed by atoms with Crippen molar-refractivity contribution in [3.05, 3.63) is 106 Å². The molecular weight excluding hydrogens is 496 g/mol. The van der Waals surface area contributed by atoms with Crippen LogP contribution in [0.3, 0.4) is 0 Å². The van der Waals surface area contributed by atoms with Crippen LogP contribution in [0.1, 0.15) is 40.4 Å². The maximum absolute atomic E-state index is 13.9. The molecule has 0 bridgehead atoms. The zero-order valence-corrected chi connectivity index (χ0v) is 20.5. The first-order chi connectivity index (χ1) is 19.0. The number of nitrogen functional groups attached to an aromatic ring is 1. The molecule has 12 nitrogen and oxygen atoms in total. The van der Waals surface area contributed by atoms with E-state index in [9.17, 15) is 9.59 Å². The molecule has 1 aromatic carbocycles. The van der Waals surface area contributed by atoms with Crippen LogP contribution in [-0.4, -0.2) is 45.2 Å². The Hall–Kier alpha value is -5.83. The van der Waals surface area contributed by atoms with Crippen LogP contribution in [0.4, 0.5) is 5.82 Å². The Balaban J connectivity index is 1.45. The smallest absolute Gasteiger partial charge is 0.270 e. The number of nitrogens with one attached hydrogen (secondary N) is 2. The van der Waals surface area contributed by atoms with E-state index < -0.39 is 11.9 Å². The first-order valence-corrected chi connectivity index (χ1v) is 11.9. The number of rotatable bonds is 4. The summed E-state index contributed by atoms with van der Waals surface area (Å²) < 4.78 is 2.87. The van der Waals surface area contributed by atoms with Crippen LogP contribution in [0.15, 0.2) is 78.1 Å². The number of aromatic amines is 1. The molecule has 39 heavy (non-hydrogen) atoms. The summed E-state index contributed by atoms with van der Waals surface area (Å²) in [5.74, 6) is 5.76. The van der Waals surface area contributed by atoms with Crippen LogP contribution in [0, 0.1) is 11.8 Å². The molecule has 12 heteroatoms. The molecule has 0 aliphatic carbocycles. The van der Waals surface area contributed by atoms with Gasteiger partial charge in [-0.1, -0.05) is 24.1 Å². The molecule has 190 valence electrons. The second kappa shape index (κ2) is 9.56. The molecular formula is C27H20N10O2. The number of aromatic nitrogens is 8. The number of carbonyl (C=O) groups is 1. The Kier molecular flexibility index (Phi) is 5.78. The summed E-state index contributed by atoms with van der Waals surface area (Å²) in [6.07, 6.45) is 6.46. The van der Waals surface area contributed by atoms with Crippen LogP contribution in [0.2, 0.25) is 0 Å². The first kappa shape index (κ1) is 23.6. The Labute approximate surface area is 220 Å². The number of amides is 1. The van der Waals surface area contributed by atoms with Crippen molar-refractivity contribution in [2.75, 3.05) is 5.73 Å². The van der Waals surface area contributed by atoms with Gasteiger partial charge in [0.1, 0.15) is 16.8 Å². The monoisotopic (exact) mass is 516 g/mol. The van der Waals surface area contributed by atoms with E-state index in [1.54, 1.807) is 62.0 Å². The molecule has 6 rings (SSSR count). The highest BCUT2D eigenvalue weighted by Crippen LogP contribution is 2.21. The van der Waals surface area contributed by atoms with Gasteiger partial charge in [-0.3, -0.25) is 24.2 Å². The van der Waals surface area contributed by atoms with E-state index >= 15 is 0 Å². The Morgan fingerprint density at radius 1 is 1.08 bits per heavy atom. The van der Waals surface area contributed by atoms with E-state index in [0.29, 0.717) is 11.3 Å². The van der Waals surface area contributed by atoms with Gasteiger partial charge in [0, 0.05) is 30.4 Å². The fraction of sp³-hybridized carbons (Fsp3) is 0.0741. The Bertz CT molecular complexity index is 1960. The number of fused-ring (bicyclic) bond motifs is 2. The highest BCUT2D eigenvalue weighted by Gasteiger charge is 2.25. The van der Waals surface area contributed by atoms with Gasteiger partial charge in [0.15, 0.2) is 22.8 Å². The van der Waals surface area contributed by atoms with Crippen LogP contribution in [-0.2, 0) is 0 Å². The van der Waals surface area contributed by atoms with E-state index in [0.717, 1.165) is 5.56 Å². The van der Waals surface area contributed by atoms with E-state index in [1.165, 1.54) is 9.08 Å². The summed E-state index contributed by atoms with van der Waals surface area (Å²) >= 11 is 0. The lowest BCUT2D eigenvalue weighted by atomic mass is 10.2. The summed E-state index contributed by atoms with van der Waals surface area (Å²) in [5, 5.41) is 14.3. The number of hydrogen-bond donors (Lipinski definition) is 3. The van der Waals surface area contributed by atoms with Crippen LogP contribution in [0.25, 0.3) is 22.4 Å². The van der Waals surface area contributed by atoms with E-state index in [-0.39, 0.29) is 39.5 Å². The predicted molar refractivity (Wildman–Crippen MR) is 143 cm³/mol. The number of anilines is 1. The van der Waals surface area contributed by atoms with Crippen molar-refractivity contribution in [2.45, 2.75) is 13.0 Å². The van der Waals surface area contributed by atoms with Crippen LogP contribution < -0.4 is 16.6 Å². The molecule has 1 atom stereocenters. The van der Waals surface area contributed by atoms with Gasteiger partial charge in [0.25, 0.3) is 11.5 Å². The van der Waals surface area contributed by atoms with Crippen molar-refractivity contribution in [2.24, 2.45) is 0 Å². The summed E-state index contributed by atoms with van der Waals surface area (Å²) in [4.78, 5) is 40.1. The minimum absolute atomic E-state index is 0.0354. The number of para-hydroxylation sites is 1. The normalized spacial score (nSPS) is 11.7. The van der Waals surface area contributed by atoms with Gasteiger partial charge in [-0.2, -0.15) is 5.10 Å². The molecule has 0 aliphatic rings. The molecule has 0 aliphatic heterocycles. The fourth-order valence-corrected chi connectivity index (χ4v) is 4.23. The van der Waals surface area contributed by atoms with Gasteiger partial charge in [0.2, 0.25) is 0 Å². The summed E-state index contributed by atoms with van der Waals surface area (Å²) in [6, 6.07) is 13.5. The van der Waals surface area contributed by atoms with E-state index in [4.69, 9.17) is 10.7 Å². The van der Waals surface area contributed by atoms with Crippen LogP contribution >= 0.6 is 0 Å². The number of pyridine rings is 1. The number of nitrogens with two attached hydrogens (primary N) is 1. The fourth-order valence-electron chi connectivity index (χ4n) is 4.23. The van der Waals surface area contributed by atoms with Crippen molar-refractivity contribution in [3.8, 4) is 17.5 Å². The molecule has 4 N–H and O–H groups in total. The van der Waals surface area contributed by atoms with E-state index in [2.05, 4.69) is 42.4 Å². The lowest BCUT2D eigenvalue weighted by molar-refractivity contribution is 0.0940. The standard InChI is InChI=1S/C27H20N10O2/c1-16(31-26(38)21-22(28)35-36-15-5-12-30-25(21)36)24-32-23-20(27(39)37(24)18-6-3-2-4-7-18)19(33-34-23)9-8-17-10-13-29-14-11-17/h2-7,10-16H,1H3,(H2,28,35)(H,31,38)(H,33,34)/t16-/m0/s1. The second-order valence-corrected chi connectivity index (χ2v) is 8.57. The molecule has 6 aromatic rings. The number of H-pyrrole nitrogens is 1. The molecule has 1 amide bonds. The molecule has 0 saturated heterocycles. The molecule has 0 radical (unpaired) electrons. The quantitative estimate of drug-likeness (QED) is 0.300. The van der Waals surface area contributed by atoms with Crippen LogP contribution in [0.5, 0.6) is 0 Å². The van der Waals surface area contributed by atoms with Crippen molar-refractivity contribution >= 4 is 28.4 Å². The number of nitrogens with zero attached hydrogens (tertiary/aromatic N) is 7. The van der Waals surface area contributed by atoms with Crippen molar-refractivity contribution < 1.29 is 4.79 Å². The third-order valence-electron chi connectivity index (χ3n) is 6.02.